The number of ether oxygens (including phenoxy) is 1. The average Bonchev–Trinajstić information content (AvgIpc) is 2.93. The van der Waals surface area contributed by atoms with Crippen LogP contribution in [0.1, 0.15) is 31.9 Å². The van der Waals surface area contributed by atoms with Crippen molar-refractivity contribution in [3.05, 3.63) is 58.8 Å². The van der Waals surface area contributed by atoms with Crippen molar-refractivity contribution in [2.75, 3.05) is 6.61 Å². The number of halogens is 1. The molecule has 2 heterocycles. The molecule has 5 nitrogen and oxygen atoms in total. The Labute approximate surface area is 161 Å². The Morgan fingerprint density at radius 2 is 2.27 bits per heavy atom. The molecule has 1 amide bonds. The molecular weight excluding hydrogens is 372 g/mol. The van der Waals surface area contributed by atoms with E-state index in [1.54, 1.807) is 30.0 Å². The molecule has 0 radical (unpaired) electrons. The maximum atomic E-state index is 12.9. The number of amides is 1. The van der Waals surface area contributed by atoms with Gasteiger partial charge in [0.05, 0.1) is 22.6 Å². The van der Waals surface area contributed by atoms with Crippen LogP contribution in [-0.4, -0.2) is 33.8 Å². The third-order valence-corrected chi connectivity index (χ3v) is 5.79. The highest BCUT2D eigenvalue weighted by atomic mass is 35.5. The molecule has 0 saturated carbocycles. The van der Waals surface area contributed by atoms with Gasteiger partial charge < -0.3 is 4.74 Å². The van der Waals surface area contributed by atoms with Crippen LogP contribution in [0.15, 0.2) is 53.2 Å². The lowest BCUT2D eigenvalue weighted by atomic mass is 9.94. The number of aliphatic imine (C=N–C) groups is 1. The van der Waals surface area contributed by atoms with Gasteiger partial charge in [-0.3, -0.25) is 9.69 Å². The number of amidine groups is 1. The molecule has 0 spiro atoms. The largest absolute Gasteiger partial charge is 0.458 e. The zero-order valence-corrected chi connectivity index (χ0v) is 16.1. The summed E-state index contributed by atoms with van der Waals surface area (Å²) in [5.41, 5.74) is 1.65. The van der Waals surface area contributed by atoms with Gasteiger partial charge in [0, 0.05) is 5.02 Å². The highest BCUT2D eigenvalue weighted by molar-refractivity contribution is 8.15. The van der Waals surface area contributed by atoms with E-state index in [2.05, 4.69) is 11.6 Å². The SMILES string of the molecule is C=CCOC(=O)C1=C(C)N=C2S[C@@H](CC)C(=O)N2[C@H]1c1cccc(Cl)c1. The van der Waals surface area contributed by atoms with E-state index in [4.69, 9.17) is 16.3 Å². The second-order valence-corrected chi connectivity index (χ2v) is 7.57. The number of hydrogen-bond donors (Lipinski definition) is 0. The summed E-state index contributed by atoms with van der Waals surface area (Å²) < 4.78 is 5.26. The third-order valence-electron chi connectivity index (χ3n) is 4.24. The van der Waals surface area contributed by atoms with Crippen LogP contribution in [0.5, 0.6) is 0 Å². The maximum Gasteiger partial charge on any atom is 0.338 e. The van der Waals surface area contributed by atoms with E-state index in [-0.39, 0.29) is 17.8 Å². The topological polar surface area (TPSA) is 59.0 Å². The van der Waals surface area contributed by atoms with Gasteiger partial charge in [0.15, 0.2) is 5.17 Å². The minimum atomic E-state index is -0.602. The number of hydrogen-bond acceptors (Lipinski definition) is 5. The molecule has 0 bridgehead atoms. The van der Waals surface area contributed by atoms with Crippen LogP contribution < -0.4 is 0 Å². The van der Waals surface area contributed by atoms with E-state index in [0.29, 0.717) is 27.9 Å². The van der Waals surface area contributed by atoms with Crippen molar-refractivity contribution in [1.82, 2.24) is 4.90 Å². The lowest BCUT2D eigenvalue weighted by Crippen LogP contribution is -2.40. The standard InChI is InChI=1S/C19H19ClN2O3S/c1-4-9-25-18(24)15-11(3)21-19-22(17(23)14(5-2)26-19)16(15)12-7-6-8-13(20)10-12/h4,6-8,10,14,16H,1,5,9H2,2-3H3/t14-,16-/m0/s1. The number of carbonyl (C=O) groups excluding carboxylic acids is 2. The summed E-state index contributed by atoms with van der Waals surface area (Å²) in [5, 5.41) is 0.950. The fourth-order valence-corrected chi connectivity index (χ4v) is 4.39. The number of esters is 1. The van der Waals surface area contributed by atoms with E-state index in [0.717, 1.165) is 5.56 Å². The summed E-state index contributed by atoms with van der Waals surface area (Å²) in [6, 6.07) is 6.57. The molecule has 136 valence electrons. The van der Waals surface area contributed by atoms with Crippen molar-refractivity contribution in [1.29, 1.82) is 0 Å². The van der Waals surface area contributed by atoms with E-state index in [1.807, 2.05) is 13.0 Å². The Kier molecular flexibility index (Phi) is 5.53. The minimum absolute atomic E-state index is 0.0530. The molecule has 7 heteroatoms. The Morgan fingerprint density at radius 1 is 1.50 bits per heavy atom. The van der Waals surface area contributed by atoms with Gasteiger partial charge in [-0.1, -0.05) is 55.1 Å². The number of carbonyl (C=O) groups is 2. The van der Waals surface area contributed by atoms with Crippen molar-refractivity contribution in [2.24, 2.45) is 4.99 Å². The zero-order valence-electron chi connectivity index (χ0n) is 14.6. The van der Waals surface area contributed by atoms with Gasteiger partial charge in [0.2, 0.25) is 5.91 Å². The summed E-state index contributed by atoms with van der Waals surface area (Å²) in [4.78, 5) is 31.7. The predicted molar refractivity (Wildman–Crippen MR) is 104 cm³/mol. The molecule has 0 N–H and O–H groups in total. The molecule has 2 aliphatic rings. The first-order chi connectivity index (χ1) is 12.5. The van der Waals surface area contributed by atoms with Gasteiger partial charge in [0.1, 0.15) is 6.61 Å². The van der Waals surface area contributed by atoms with E-state index in [1.165, 1.54) is 17.8 Å². The Bertz CT molecular complexity index is 834. The number of benzene rings is 1. The van der Waals surface area contributed by atoms with Crippen molar-refractivity contribution in [2.45, 2.75) is 31.6 Å². The normalized spacial score (nSPS) is 22.2. The van der Waals surface area contributed by atoms with Crippen molar-refractivity contribution in [3.8, 4) is 0 Å². The van der Waals surface area contributed by atoms with Gasteiger partial charge in [-0.25, -0.2) is 9.79 Å². The molecule has 1 saturated heterocycles. The van der Waals surface area contributed by atoms with Gasteiger partial charge in [-0.2, -0.15) is 0 Å². The smallest absolute Gasteiger partial charge is 0.338 e. The van der Waals surface area contributed by atoms with Crippen molar-refractivity contribution >= 4 is 40.4 Å². The average molecular weight is 391 g/mol. The van der Waals surface area contributed by atoms with Crippen LogP contribution in [0.3, 0.4) is 0 Å². The second kappa shape index (κ2) is 7.68. The lowest BCUT2D eigenvalue weighted by Gasteiger charge is -2.33. The van der Waals surface area contributed by atoms with Gasteiger partial charge >= 0.3 is 5.97 Å². The van der Waals surface area contributed by atoms with Gasteiger partial charge in [0.25, 0.3) is 0 Å². The molecule has 1 aromatic carbocycles. The highest BCUT2D eigenvalue weighted by Gasteiger charge is 2.47. The fourth-order valence-electron chi connectivity index (χ4n) is 3.05. The molecule has 0 unspecified atom stereocenters. The fraction of sp³-hybridized carbons (Fsp3) is 0.316. The van der Waals surface area contributed by atoms with Crippen LogP contribution in [0, 0.1) is 0 Å². The first-order valence-electron chi connectivity index (χ1n) is 8.30. The molecular formula is C19H19ClN2O3S. The molecule has 1 aromatic rings. The monoisotopic (exact) mass is 390 g/mol. The van der Waals surface area contributed by atoms with Crippen LogP contribution in [-0.2, 0) is 14.3 Å². The Morgan fingerprint density at radius 3 is 2.92 bits per heavy atom. The van der Waals surface area contributed by atoms with E-state index >= 15 is 0 Å². The summed E-state index contributed by atoms with van der Waals surface area (Å²) in [5.74, 6) is -0.560. The predicted octanol–water partition coefficient (Wildman–Crippen LogP) is 4.11. The summed E-state index contributed by atoms with van der Waals surface area (Å²) in [6.45, 7) is 7.38. The van der Waals surface area contributed by atoms with Crippen molar-refractivity contribution < 1.29 is 14.3 Å². The lowest BCUT2D eigenvalue weighted by molar-refractivity contribution is -0.139. The van der Waals surface area contributed by atoms with Gasteiger partial charge in [-0.15, -0.1) is 0 Å². The highest BCUT2D eigenvalue weighted by Crippen LogP contribution is 2.44. The number of fused-ring (bicyclic) bond motifs is 1. The summed E-state index contributed by atoms with van der Waals surface area (Å²) in [6.07, 6.45) is 2.19. The Balaban J connectivity index is 2.12. The minimum Gasteiger partial charge on any atom is -0.458 e. The van der Waals surface area contributed by atoms with Crippen LogP contribution in [0.2, 0.25) is 5.02 Å². The maximum absolute atomic E-state index is 12.9. The number of nitrogens with zero attached hydrogens (tertiary/aromatic N) is 2. The molecule has 2 aliphatic heterocycles. The first-order valence-corrected chi connectivity index (χ1v) is 9.56. The van der Waals surface area contributed by atoms with Crippen LogP contribution in [0.4, 0.5) is 0 Å². The quantitative estimate of drug-likeness (QED) is 0.560. The number of thioether (sulfide) groups is 1. The van der Waals surface area contributed by atoms with E-state index < -0.39 is 12.0 Å². The molecule has 3 rings (SSSR count). The first kappa shape index (κ1) is 18.7. The summed E-state index contributed by atoms with van der Waals surface area (Å²) in [7, 11) is 0. The van der Waals surface area contributed by atoms with Gasteiger partial charge in [-0.05, 0) is 31.0 Å². The number of allylic oxidation sites excluding steroid dienone is 1. The molecule has 0 aliphatic carbocycles. The third kappa shape index (κ3) is 3.31. The van der Waals surface area contributed by atoms with Crippen LogP contribution in [0.25, 0.3) is 0 Å². The molecule has 2 atom stereocenters. The molecule has 0 aromatic heterocycles. The zero-order chi connectivity index (χ0) is 18.8. The summed E-state index contributed by atoms with van der Waals surface area (Å²) >= 11 is 7.59. The Hall–Kier alpha value is -2.05. The van der Waals surface area contributed by atoms with E-state index in [9.17, 15) is 9.59 Å². The number of rotatable bonds is 5. The van der Waals surface area contributed by atoms with Crippen LogP contribution >= 0.6 is 23.4 Å². The molecule has 26 heavy (non-hydrogen) atoms. The second-order valence-electron chi connectivity index (χ2n) is 5.96. The van der Waals surface area contributed by atoms with Crippen molar-refractivity contribution in [3.63, 3.8) is 0 Å². The molecule has 1 fully saturated rings.